The van der Waals surface area contributed by atoms with Crippen LogP contribution in [0.2, 0.25) is 0 Å². The fraction of sp³-hybridized carbons (Fsp3) is 0.464. The van der Waals surface area contributed by atoms with Crippen molar-refractivity contribution in [3.8, 4) is 22.9 Å². The van der Waals surface area contributed by atoms with Gasteiger partial charge in [-0.05, 0) is 38.0 Å². The van der Waals surface area contributed by atoms with E-state index in [0.717, 1.165) is 16.5 Å². The quantitative estimate of drug-likeness (QED) is 0.268. The topological polar surface area (TPSA) is 130 Å². The second-order valence-electron chi connectivity index (χ2n) is 10.4. The minimum Gasteiger partial charge on any atom is -0.458 e. The van der Waals surface area contributed by atoms with Gasteiger partial charge in [-0.15, -0.1) is 0 Å². The molecule has 3 atom stereocenters. The van der Waals surface area contributed by atoms with E-state index >= 15 is 0 Å². The molecule has 1 aromatic carbocycles. The predicted molar refractivity (Wildman–Crippen MR) is 139 cm³/mol. The first-order valence-corrected chi connectivity index (χ1v) is 12.9. The Morgan fingerprint density at radius 1 is 1.23 bits per heavy atom. The van der Waals surface area contributed by atoms with Crippen LogP contribution in [0.5, 0.6) is 11.5 Å². The summed E-state index contributed by atoms with van der Waals surface area (Å²) in [5.74, 6) is 0.493. The zero-order chi connectivity index (χ0) is 27.7. The van der Waals surface area contributed by atoms with Crippen LogP contribution in [-0.4, -0.2) is 54.0 Å². The molecule has 39 heavy (non-hydrogen) atoms. The van der Waals surface area contributed by atoms with Crippen molar-refractivity contribution in [2.45, 2.75) is 57.7 Å². The Kier molecular flexibility index (Phi) is 5.96. The summed E-state index contributed by atoms with van der Waals surface area (Å²) in [5, 5.41) is 15.4. The molecule has 0 aliphatic carbocycles. The molecule has 0 saturated heterocycles. The zero-order valence-electron chi connectivity index (χ0n) is 22.5. The summed E-state index contributed by atoms with van der Waals surface area (Å²) in [6.45, 7) is 6.00. The summed E-state index contributed by atoms with van der Waals surface area (Å²) < 4.78 is 29.7. The lowest BCUT2D eigenvalue weighted by molar-refractivity contribution is -0.172. The Bertz CT molecular complexity index is 1580. The second kappa shape index (κ2) is 9.02. The summed E-state index contributed by atoms with van der Waals surface area (Å²) >= 11 is 0. The molecule has 0 bridgehead atoms. The van der Waals surface area contributed by atoms with Gasteiger partial charge in [-0.2, -0.15) is 0 Å². The number of esters is 1. The molecule has 0 spiro atoms. The third kappa shape index (κ3) is 3.68. The van der Waals surface area contributed by atoms with Crippen molar-refractivity contribution in [3.05, 3.63) is 50.8 Å². The first kappa shape index (κ1) is 25.8. The molecule has 206 valence electrons. The van der Waals surface area contributed by atoms with E-state index < -0.39 is 17.3 Å². The molecule has 5 heterocycles. The monoisotopic (exact) mass is 537 g/mol. The van der Waals surface area contributed by atoms with Crippen LogP contribution in [0.25, 0.3) is 22.3 Å². The predicted octanol–water partition coefficient (Wildman–Crippen LogP) is 2.47. The summed E-state index contributed by atoms with van der Waals surface area (Å²) in [6, 6.07) is 5.33. The van der Waals surface area contributed by atoms with Crippen LogP contribution >= 0.6 is 0 Å². The molecular weight excluding hydrogens is 506 g/mol. The number of carbonyl (C=O) groups excluding carboxylic acids is 1. The molecule has 11 heteroatoms. The molecular formula is C28H31N3O8. The van der Waals surface area contributed by atoms with Gasteiger partial charge in [-0.25, -0.2) is 9.78 Å². The van der Waals surface area contributed by atoms with Crippen molar-refractivity contribution >= 4 is 16.9 Å². The molecule has 3 aromatic rings. The van der Waals surface area contributed by atoms with Crippen LogP contribution in [0, 0.1) is 0 Å². The standard InChI is InChI=1S/C28H31N3O8/c1-6-28(34)18-9-19-22-16(10-31(19)25(32)17(18)11-37-26(28)33)24-21-20(38-13-39-24)8-7-15(23(21)29-22)14(2)30-27(3,36-5)12-35-4/h7-9,14,30,34H,6,10-13H2,1-5H3/t14?,27?,28-/m0/s1. The molecule has 3 aliphatic heterocycles. The number of methoxy groups -OCH3 is 2. The number of benzene rings is 1. The van der Waals surface area contributed by atoms with Crippen LogP contribution in [-0.2, 0) is 37.8 Å². The van der Waals surface area contributed by atoms with E-state index in [1.807, 2.05) is 26.0 Å². The molecule has 0 radical (unpaired) electrons. The molecule has 0 saturated carbocycles. The summed E-state index contributed by atoms with van der Waals surface area (Å²) in [5.41, 5.74) is 0.921. The average molecular weight is 538 g/mol. The van der Waals surface area contributed by atoms with Crippen molar-refractivity contribution in [1.29, 1.82) is 0 Å². The molecule has 3 aliphatic rings. The number of carbonyl (C=O) groups is 1. The Labute approximate surface area is 224 Å². The highest BCUT2D eigenvalue weighted by atomic mass is 16.7. The van der Waals surface area contributed by atoms with E-state index in [1.165, 1.54) is 0 Å². The highest BCUT2D eigenvalue weighted by Gasteiger charge is 2.46. The van der Waals surface area contributed by atoms with Crippen molar-refractivity contribution in [2.24, 2.45) is 0 Å². The van der Waals surface area contributed by atoms with Crippen LogP contribution in [0.3, 0.4) is 0 Å². The van der Waals surface area contributed by atoms with Gasteiger partial charge in [0.1, 0.15) is 23.8 Å². The van der Waals surface area contributed by atoms with Gasteiger partial charge in [0.05, 0.1) is 41.0 Å². The number of nitrogens with zero attached hydrogens (tertiary/aromatic N) is 2. The van der Waals surface area contributed by atoms with Gasteiger partial charge in [-0.1, -0.05) is 13.0 Å². The third-order valence-electron chi connectivity index (χ3n) is 8.06. The summed E-state index contributed by atoms with van der Waals surface area (Å²) in [7, 11) is 3.23. The van der Waals surface area contributed by atoms with Gasteiger partial charge >= 0.3 is 5.97 Å². The van der Waals surface area contributed by atoms with E-state index in [-0.39, 0.29) is 49.1 Å². The van der Waals surface area contributed by atoms with Gasteiger partial charge in [0, 0.05) is 31.4 Å². The molecule has 11 nitrogen and oxygen atoms in total. The van der Waals surface area contributed by atoms with Crippen LogP contribution < -0.4 is 20.3 Å². The summed E-state index contributed by atoms with van der Waals surface area (Å²) in [6.07, 6.45) is 0.0713. The molecule has 2 N–H and O–H groups in total. The molecule has 2 unspecified atom stereocenters. The summed E-state index contributed by atoms with van der Waals surface area (Å²) in [4.78, 5) is 31.2. The van der Waals surface area contributed by atoms with Gasteiger partial charge in [0.25, 0.3) is 5.56 Å². The Morgan fingerprint density at radius 3 is 2.74 bits per heavy atom. The van der Waals surface area contributed by atoms with E-state index in [4.69, 9.17) is 28.7 Å². The Hall–Kier alpha value is -3.51. The van der Waals surface area contributed by atoms with E-state index in [0.29, 0.717) is 35.0 Å². The minimum absolute atomic E-state index is 0.0287. The van der Waals surface area contributed by atoms with Gasteiger partial charge in [0.15, 0.2) is 5.60 Å². The number of nitrogens with one attached hydrogen (secondary N) is 1. The second-order valence-corrected chi connectivity index (χ2v) is 10.4. The zero-order valence-corrected chi connectivity index (χ0v) is 22.5. The lowest BCUT2D eigenvalue weighted by Gasteiger charge is -2.33. The molecule has 0 fully saturated rings. The number of cyclic esters (lactones) is 1. The maximum Gasteiger partial charge on any atom is 0.343 e. The Morgan fingerprint density at radius 2 is 2.03 bits per heavy atom. The number of pyridine rings is 2. The SMILES string of the molecule is CC[C@@]1(O)C(=O)OCc2c1cc1n(c2=O)Cc2c-1nc1c(C(C)NC(C)(COC)OC)ccc3c1c2OCO3. The van der Waals surface area contributed by atoms with Gasteiger partial charge in [0.2, 0.25) is 6.79 Å². The normalized spacial score (nSPS) is 21.2. The fourth-order valence-electron chi connectivity index (χ4n) is 5.89. The first-order chi connectivity index (χ1) is 18.7. The third-order valence-corrected chi connectivity index (χ3v) is 8.06. The van der Waals surface area contributed by atoms with Gasteiger partial charge in [-0.3, -0.25) is 10.1 Å². The van der Waals surface area contributed by atoms with E-state index in [1.54, 1.807) is 31.8 Å². The largest absolute Gasteiger partial charge is 0.458 e. The highest BCUT2D eigenvalue weighted by Crippen LogP contribution is 2.47. The average Bonchev–Trinajstić information content (AvgIpc) is 3.30. The van der Waals surface area contributed by atoms with Gasteiger partial charge < -0.3 is 33.4 Å². The van der Waals surface area contributed by atoms with Crippen LogP contribution in [0.4, 0.5) is 0 Å². The number of ether oxygens (including phenoxy) is 5. The maximum absolute atomic E-state index is 13.6. The Balaban J connectivity index is 1.57. The lowest BCUT2D eigenvalue weighted by atomic mass is 9.86. The first-order valence-electron chi connectivity index (χ1n) is 12.9. The fourth-order valence-corrected chi connectivity index (χ4v) is 5.89. The molecule has 0 amide bonds. The van der Waals surface area contributed by atoms with Crippen molar-refractivity contribution in [2.75, 3.05) is 27.6 Å². The van der Waals surface area contributed by atoms with Crippen molar-refractivity contribution in [1.82, 2.24) is 14.9 Å². The molecule has 2 aromatic heterocycles. The van der Waals surface area contributed by atoms with Crippen molar-refractivity contribution in [3.63, 3.8) is 0 Å². The number of aromatic nitrogens is 2. The van der Waals surface area contributed by atoms with Crippen LogP contribution in [0.1, 0.15) is 55.5 Å². The van der Waals surface area contributed by atoms with Crippen molar-refractivity contribution < 1.29 is 33.6 Å². The number of hydrogen-bond acceptors (Lipinski definition) is 10. The van der Waals surface area contributed by atoms with E-state index in [2.05, 4.69) is 5.32 Å². The van der Waals surface area contributed by atoms with Crippen LogP contribution in [0.15, 0.2) is 23.0 Å². The number of rotatable bonds is 7. The number of hydrogen-bond donors (Lipinski definition) is 2. The maximum atomic E-state index is 13.6. The van der Waals surface area contributed by atoms with E-state index in [9.17, 15) is 14.7 Å². The smallest absolute Gasteiger partial charge is 0.343 e. The number of aliphatic hydroxyl groups is 1. The number of fused-ring (bicyclic) bond motifs is 5. The highest BCUT2D eigenvalue weighted by molar-refractivity contribution is 5.98. The minimum atomic E-state index is -1.90. The molecule has 6 rings (SSSR count). The lowest BCUT2D eigenvalue weighted by Crippen LogP contribution is -2.49.